The number of rotatable bonds is 4. The van der Waals surface area contributed by atoms with Crippen LogP contribution in [0.5, 0.6) is 0 Å². The summed E-state index contributed by atoms with van der Waals surface area (Å²) >= 11 is 0. The van der Waals surface area contributed by atoms with Gasteiger partial charge in [0.2, 0.25) is 0 Å². The molecule has 0 atom stereocenters. The Kier molecular flexibility index (Phi) is 3.57. The molecule has 0 saturated heterocycles. The summed E-state index contributed by atoms with van der Waals surface area (Å²) in [7, 11) is 0. The number of nitrogens with zero attached hydrogens (tertiary/aromatic N) is 4. The van der Waals surface area contributed by atoms with Crippen molar-refractivity contribution in [2.45, 2.75) is 18.8 Å². The predicted molar refractivity (Wildman–Crippen MR) is 99.0 cm³/mol. The number of aldehydes is 1. The number of hydrogen-bond acceptors (Lipinski definition) is 4. The lowest BCUT2D eigenvalue weighted by Crippen LogP contribution is -1.97. The van der Waals surface area contributed by atoms with Crippen molar-refractivity contribution in [2.75, 3.05) is 0 Å². The van der Waals surface area contributed by atoms with E-state index in [1.165, 1.54) is 12.1 Å². The number of aromatic nitrogens is 4. The fourth-order valence-electron chi connectivity index (χ4n) is 3.13. The van der Waals surface area contributed by atoms with Gasteiger partial charge in [-0.1, -0.05) is 36.4 Å². The van der Waals surface area contributed by atoms with Crippen molar-refractivity contribution in [1.29, 1.82) is 0 Å². The molecule has 2 heterocycles. The average Bonchev–Trinajstić information content (AvgIpc) is 3.47. The number of carbonyl (C=O) groups excluding carboxylic acids is 1. The minimum Gasteiger partial charge on any atom is -0.298 e. The second-order valence-corrected chi connectivity index (χ2v) is 6.74. The van der Waals surface area contributed by atoms with E-state index >= 15 is 0 Å². The van der Waals surface area contributed by atoms with Crippen LogP contribution in [0, 0.1) is 5.82 Å². The molecule has 0 amide bonds. The molecule has 0 aliphatic heterocycles. The van der Waals surface area contributed by atoms with Crippen LogP contribution in [-0.2, 0) is 0 Å². The van der Waals surface area contributed by atoms with Gasteiger partial charge in [-0.25, -0.2) is 13.9 Å². The largest absolute Gasteiger partial charge is 0.298 e. The summed E-state index contributed by atoms with van der Waals surface area (Å²) in [4.78, 5) is 20.3. The van der Waals surface area contributed by atoms with Gasteiger partial charge in [0.15, 0.2) is 5.82 Å². The van der Waals surface area contributed by atoms with Crippen molar-refractivity contribution >= 4 is 12.1 Å². The molecule has 4 aromatic rings. The summed E-state index contributed by atoms with van der Waals surface area (Å²) in [5, 5.41) is 4.56. The number of benzene rings is 2. The molecule has 6 heteroatoms. The quantitative estimate of drug-likeness (QED) is 0.511. The van der Waals surface area contributed by atoms with Crippen LogP contribution in [0.1, 0.15) is 34.9 Å². The second-order valence-electron chi connectivity index (χ2n) is 6.74. The second kappa shape index (κ2) is 6.09. The first-order chi connectivity index (χ1) is 13.2. The maximum atomic E-state index is 13.4. The standard InChI is InChI=1S/C21H15FN4O/c22-17-9-7-14(8-10-17)18-11-26-21(24-20(25-26)16-5-6-16)23-19(18)15-3-1-13(12-27)2-4-15/h1-4,7-12,16H,5-6H2. The van der Waals surface area contributed by atoms with Crippen molar-refractivity contribution < 1.29 is 9.18 Å². The number of hydrogen-bond donors (Lipinski definition) is 0. The van der Waals surface area contributed by atoms with E-state index in [1.807, 2.05) is 18.3 Å². The lowest BCUT2D eigenvalue weighted by molar-refractivity contribution is 0.112. The average molecular weight is 358 g/mol. The normalized spacial score (nSPS) is 13.8. The van der Waals surface area contributed by atoms with E-state index in [4.69, 9.17) is 4.98 Å². The number of halogens is 1. The van der Waals surface area contributed by atoms with Gasteiger partial charge in [0.1, 0.15) is 12.1 Å². The highest BCUT2D eigenvalue weighted by atomic mass is 19.1. The molecule has 2 aromatic heterocycles. The molecule has 132 valence electrons. The lowest BCUT2D eigenvalue weighted by atomic mass is 10.00. The Morgan fingerprint density at radius 2 is 1.67 bits per heavy atom. The van der Waals surface area contributed by atoms with Gasteiger partial charge >= 0.3 is 0 Å². The Bertz CT molecular complexity index is 1150. The van der Waals surface area contributed by atoms with E-state index in [1.54, 1.807) is 28.8 Å². The third-order valence-electron chi connectivity index (χ3n) is 4.77. The summed E-state index contributed by atoms with van der Waals surface area (Å²) in [5.41, 5.74) is 3.85. The first-order valence-corrected chi connectivity index (χ1v) is 8.80. The molecule has 27 heavy (non-hydrogen) atoms. The van der Waals surface area contributed by atoms with Crippen LogP contribution >= 0.6 is 0 Å². The summed E-state index contributed by atoms with van der Waals surface area (Å²) in [6, 6.07) is 13.5. The van der Waals surface area contributed by atoms with E-state index in [9.17, 15) is 9.18 Å². The van der Waals surface area contributed by atoms with E-state index < -0.39 is 0 Å². The molecule has 1 fully saturated rings. The van der Waals surface area contributed by atoms with Crippen molar-refractivity contribution in [3.05, 3.63) is 71.9 Å². The molecule has 0 unspecified atom stereocenters. The van der Waals surface area contributed by atoms with E-state index in [-0.39, 0.29) is 5.82 Å². The van der Waals surface area contributed by atoms with Crippen LogP contribution in [0.25, 0.3) is 28.2 Å². The van der Waals surface area contributed by atoms with Crippen LogP contribution in [-0.4, -0.2) is 25.9 Å². The van der Waals surface area contributed by atoms with Gasteiger partial charge in [-0.15, -0.1) is 5.10 Å². The van der Waals surface area contributed by atoms with Crippen LogP contribution in [0.15, 0.2) is 54.7 Å². The highest BCUT2D eigenvalue weighted by Gasteiger charge is 2.28. The molecule has 0 spiro atoms. The molecular weight excluding hydrogens is 343 g/mol. The van der Waals surface area contributed by atoms with E-state index in [0.29, 0.717) is 17.3 Å². The summed E-state index contributed by atoms with van der Waals surface area (Å²) < 4.78 is 15.1. The van der Waals surface area contributed by atoms with Gasteiger partial charge in [-0.05, 0) is 30.5 Å². The fraction of sp³-hybridized carbons (Fsp3) is 0.143. The van der Waals surface area contributed by atoms with Crippen LogP contribution < -0.4 is 0 Å². The fourth-order valence-corrected chi connectivity index (χ4v) is 3.13. The summed E-state index contributed by atoms with van der Waals surface area (Å²) in [6.07, 6.45) is 4.92. The molecular formula is C21H15FN4O. The molecule has 1 saturated carbocycles. The third-order valence-corrected chi connectivity index (χ3v) is 4.77. The Morgan fingerprint density at radius 1 is 0.963 bits per heavy atom. The number of fused-ring (bicyclic) bond motifs is 1. The zero-order valence-corrected chi connectivity index (χ0v) is 14.3. The molecule has 1 aliphatic rings. The number of carbonyl (C=O) groups is 1. The van der Waals surface area contributed by atoms with Gasteiger partial charge in [0, 0.05) is 28.8 Å². The zero-order chi connectivity index (χ0) is 18.4. The van der Waals surface area contributed by atoms with Crippen LogP contribution in [0.2, 0.25) is 0 Å². The maximum Gasteiger partial charge on any atom is 0.253 e. The molecule has 1 aliphatic carbocycles. The SMILES string of the molecule is O=Cc1ccc(-c2nc3nc(C4CC4)nn3cc2-c2ccc(F)cc2)cc1. The molecule has 0 N–H and O–H groups in total. The molecule has 0 radical (unpaired) electrons. The van der Waals surface area contributed by atoms with Gasteiger partial charge in [-0.2, -0.15) is 4.98 Å². The summed E-state index contributed by atoms with van der Waals surface area (Å²) in [6.45, 7) is 0. The Balaban J connectivity index is 1.72. The molecule has 5 rings (SSSR count). The third kappa shape index (κ3) is 2.89. The monoisotopic (exact) mass is 358 g/mol. The van der Waals surface area contributed by atoms with Crippen molar-refractivity contribution in [3.63, 3.8) is 0 Å². The zero-order valence-electron chi connectivity index (χ0n) is 14.3. The lowest BCUT2D eigenvalue weighted by Gasteiger charge is -2.10. The summed E-state index contributed by atoms with van der Waals surface area (Å²) in [5.74, 6) is 1.50. The van der Waals surface area contributed by atoms with Crippen molar-refractivity contribution in [2.24, 2.45) is 0 Å². The minimum absolute atomic E-state index is 0.290. The first-order valence-electron chi connectivity index (χ1n) is 8.80. The van der Waals surface area contributed by atoms with Crippen molar-refractivity contribution in [3.8, 4) is 22.4 Å². The highest BCUT2D eigenvalue weighted by Crippen LogP contribution is 2.38. The van der Waals surface area contributed by atoms with E-state index in [2.05, 4.69) is 10.1 Å². The molecule has 5 nitrogen and oxygen atoms in total. The Morgan fingerprint density at radius 3 is 2.33 bits per heavy atom. The molecule has 2 aromatic carbocycles. The van der Waals surface area contributed by atoms with Gasteiger partial charge in [-0.3, -0.25) is 4.79 Å². The highest BCUT2D eigenvalue weighted by molar-refractivity contribution is 5.83. The minimum atomic E-state index is -0.290. The predicted octanol–water partition coefficient (Wildman–Crippen LogP) is 4.29. The van der Waals surface area contributed by atoms with Crippen LogP contribution in [0.3, 0.4) is 0 Å². The van der Waals surface area contributed by atoms with Gasteiger partial charge in [0.25, 0.3) is 5.78 Å². The first kappa shape index (κ1) is 15.8. The topological polar surface area (TPSA) is 60.2 Å². The van der Waals surface area contributed by atoms with E-state index in [0.717, 1.165) is 47.3 Å². The van der Waals surface area contributed by atoms with Crippen molar-refractivity contribution in [1.82, 2.24) is 19.6 Å². The smallest absolute Gasteiger partial charge is 0.253 e. The van der Waals surface area contributed by atoms with Gasteiger partial charge < -0.3 is 0 Å². The Labute approximate surface area is 154 Å². The van der Waals surface area contributed by atoms with Crippen LogP contribution in [0.4, 0.5) is 4.39 Å². The van der Waals surface area contributed by atoms with Gasteiger partial charge in [0.05, 0.1) is 5.69 Å². The molecule has 0 bridgehead atoms. The maximum absolute atomic E-state index is 13.4. The Hall–Kier alpha value is -3.41.